The minimum Gasteiger partial charge on any atom is -0.481 e. The lowest BCUT2D eigenvalue weighted by atomic mass is 9.83. The number of carbonyl (C=O) groups is 1. The SMILES string of the molecule is CCN(CC1CCC2(CCCCC2)O1)CC(C)C(=O)O. The Hall–Kier alpha value is -0.610. The zero-order valence-corrected chi connectivity index (χ0v) is 12.9. The van der Waals surface area contributed by atoms with E-state index in [-0.39, 0.29) is 11.5 Å². The van der Waals surface area contributed by atoms with E-state index >= 15 is 0 Å². The molecule has 0 aromatic rings. The standard InChI is InChI=1S/C16H29NO3/c1-3-17(11-13(2)15(18)19)12-14-7-10-16(20-14)8-5-4-6-9-16/h13-14H,3-12H2,1-2H3,(H,18,19). The second-order valence-corrected chi connectivity index (χ2v) is 6.61. The molecule has 2 unspecified atom stereocenters. The van der Waals surface area contributed by atoms with Crippen molar-refractivity contribution in [2.45, 2.75) is 70.5 Å². The van der Waals surface area contributed by atoms with Gasteiger partial charge in [0.25, 0.3) is 0 Å². The Morgan fingerprint density at radius 3 is 2.65 bits per heavy atom. The normalized spacial score (nSPS) is 27.1. The van der Waals surface area contributed by atoms with E-state index in [1.54, 1.807) is 6.92 Å². The average Bonchev–Trinajstić information content (AvgIpc) is 2.81. The third kappa shape index (κ3) is 3.95. The molecule has 1 aliphatic carbocycles. The van der Waals surface area contributed by atoms with Gasteiger partial charge in [-0.3, -0.25) is 4.79 Å². The van der Waals surface area contributed by atoms with E-state index in [9.17, 15) is 4.79 Å². The molecule has 1 saturated heterocycles. The van der Waals surface area contributed by atoms with Crippen LogP contribution in [0.1, 0.15) is 58.8 Å². The van der Waals surface area contributed by atoms with Gasteiger partial charge < -0.3 is 14.7 Å². The van der Waals surface area contributed by atoms with Crippen LogP contribution in [-0.2, 0) is 9.53 Å². The topological polar surface area (TPSA) is 49.8 Å². The molecule has 116 valence electrons. The molecule has 2 aliphatic rings. The van der Waals surface area contributed by atoms with Crippen LogP contribution in [-0.4, -0.2) is 47.3 Å². The van der Waals surface area contributed by atoms with Crippen molar-refractivity contribution in [2.24, 2.45) is 5.92 Å². The highest BCUT2D eigenvalue weighted by Gasteiger charge is 2.41. The predicted molar refractivity (Wildman–Crippen MR) is 78.8 cm³/mol. The van der Waals surface area contributed by atoms with Crippen LogP contribution < -0.4 is 0 Å². The van der Waals surface area contributed by atoms with Gasteiger partial charge in [-0.15, -0.1) is 0 Å². The fraction of sp³-hybridized carbons (Fsp3) is 0.938. The number of nitrogens with zero attached hydrogens (tertiary/aromatic N) is 1. The van der Waals surface area contributed by atoms with Gasteiger partial charge in [0, 0.05) is 13.1 Å². The number of ether oxygens (including phenoxy) is 1. The number of hydrogen-bond acceptors (Lipinski definition) is 3. The van der Waals surface area contributed by atoms with Crippen LogP contribution in [0.15, 0.2) is 0 Å². The summed E-state index contributed by atoms with van der Waals surface area (Å²) in [5, 5.41) is 9.03. The average molecular weight is 283 g/mol. The Balaban J connectivity index is 1.81. The summed E-state index contributed by atoms with van der Waals surface area (Å²) in [5.74, 6) is -1.01. The molecule has 0 bridgehead atoms. The Morgan fingerprint density at radius 1 is 1.35 bits per heavy atom. The van der Waals surface area contributed by atoms with Crippen molar-refractivity contribution < 1.29 is 14.6 Å². The van der Waals surface area contributed by atoms with Crippen molar-refractivity contribution in [1.29, 1.82) is 0 Å². The van der Waals surface area contributed by atoms with Gasteiger partial charge in [0.2, 0.25) is 0 Å². The van der Waals surface area contributed by atoms with Crippen LogP contribution in [0.25, 0.3) is 0 Å². The summed E-state index contributed by atoms with van der Waals surface area (Å²) >= 11 is 0. The molecular formula is C16H29NO3. The van der Waals surface area contributed by atoms with Crippen molar-refractivity contribution in [1.82, 2.24) is 4.90 Å². The molecule has 1 heterocycles. The van der Waals surface area contributed by atoms with Crippen LogP contribution in [0.4, 0.5) is 0 Å². The highest BCUT2D eigenvalue weighted by Crippen LogP contribution is 2.42. The third-order valence-corrected chi connectivity index (χ3v) is 4.97. The fourth-order valence-corrected chi connectivity index (χ4v) is 3.67. The van der Waals surface area contributed by atoms with Crippen LogP contribution in [0, 0.1) is 5.92 Å². The summed E-state index contributed by atoms with van der Waals surface area (Å²) in [4.78, 5) is 13.2. The molecule has 1 spiro atoms. The Kier molecular flexibility index (Phi) is 5.44. The van der Waals surface area contributed by atoms with Crippen LogP contribution in [0.5, 0.6) is 0 Å². The van der Waals surface area contributed by atoms with Gasteiger partial charge in [-0.1, -0.05) is 33.1 Å². The monoisotopic (exact) mass is 283 g/mol. The largest absolute Gasteiger partial charge is 0.481 e. The first-order valence-electron chi connectivity index (χ1n) is 8.17. The lowest BCUT2D eigenvalue weighted by molar-refractivity contribution is -0.142. The van der Waals surface area contributed by atoms with Gasteiger partial charge in [-0.2, -0.15) is 0 Å². The van der Waals surface area contributed by atoms with E-state index < -0.39 is 5.97 Å². The van der Waals surface area contributed by atoms with E-state index in [1.807, 2.05) is 0 Å². The van der Waals surface area contributed by atoms with Crippen LogP contribution in [0.2, 0.25) is 0 Å². The number of rotatable bonds is 6. The zero-order valence-electron chi connectivity index (χ0n) is 12.9. The highest BCUT2D eigenvalue weighted by molar-refractivity contribution is 5.69. The number of carboxylic acid groups (broad SMARTS) is 1. The number of aliphatic carboxylic acids is 1. The number of carboxylic acids is 1. The second-order valence-electron chi connectivity index (χ2n) is 6.61. The Bertz CT molecular complexity index is 326. The van der Waals surface area contributed by atoms with Crippen LogP contribution in [0.3, 0.4) is 0 Å². The minimum atomic E-state index is -0.709. The molecule has 4 nitrogen and oxygen atoms in total. The fourth-order valence-electron chi connectivity index (χ4n) is 3.67. The molecular weight excluding hydrogens is 254 g/mol. The van der Waals surface area contributed by atoms with Gasteiger partial charge in [0.1, 0.15) is 0 Å². The Labute approximate surface area is 122 Å². The molecule has 0 aromatic carbocycles. The molecule has 2 fully saturated rings. The first-order chi connectivity index (χ1) is 9.54. The quantitative estimate of drug-likeness (QED) is 0.814. The maximum absolute atomic E-state index is 11.0. The van der Waals surface area contributed by atoms with Crippen molar-refractivity contribution in [3.8, 4) is 0 Å². The molecule has 2 rings (SSSR count). The smallest absolute Gasteiger partial charge is 0.307 e. The third-order valence-electron chi connectivity index (χ3n) is 4.97. The van der Waals surface area contributed by atoms with Gasteiger partial charge in [-0.25, -0.2) is 0 Å². The first kappa shape index (κ1) is 15.8. The van der Waals surface area contributed by atoms with E-state index in [1.165, 1.54) is 38.5 Å². The molecule has 0 aromatic heterocycles. The maximum atomic E-state index is 11.0. The summed E-state index contributed by atoms with van der Waals surface area (Å²) in [6, 6.07) is 0. The van der Waals surface area contributed by atoms with Crippen LogP contribution >= 0.6 is 0 Å². The molecule has 1 N–H and O–H groups in total. The van der Waals surface area contributed by atoms with E-state index in [2.05, 4.69) is 11.8 Å². The Morgan fingerprint density at radius 2 is 2.05 bits per heavy atom. The number of likely N-dealkylation sites (N-methyl/N-ethyl adjacent to an activating group) is 1. The highest BCUT2D eigenvalue weighted by atomic mass is 16.5. The second kappa shape index (κ2) is 6.90. The molecule has 0 amide bonds. The first-order valence-corrected chi connectivity index (χ1v) is 8.17. The lowest BCUT2D eigenvalue weighted by Gasteiger charge is -2.34. The molecule has 2 atom stereocenters. The van der Waals surface area contributed by atoms with Gasteiger partial charge in [0.05, 0.1) is 17.6 Å². The molecule has 20 heavy (non-hydrogen) atoms. The predicted octanol–water partition coefficient (Wildman–Crippen LogP) is 2.91. The summed E-state index contributed by atoms with van der Waals surface area (Å²) in [7, 11) is 0. The van der Waals surface area contributed by atoms with Crippen molar-refractivity contribution in [3.05, 3.63) is 0 Å². The number of hydrogen-bond donors (Lipinski definition) is 1. The minimum absolute atomic E-state index is 0.167. The molecule has 1 saturated carbocycles. The van der Waals surface area contributed by atoms with Gasteiger partial charge >= 0.3 is 5.97 Å². The molecule has 0 radical (unpaired) electrons. The molecule has 4 heteroatoms. The maximum Gasteiger partial charge on any atom is 0.307 e. The molecule has 1 aliphatic heterocycles. The summed E-state index contributed by atoms with van der Waals surface area (Å²) in [6.07, 6.45) is 9.05. The van der Waals surface area contributed by atoms with Gasteiger partial charge in [0.15, 0.2) is 0 Å². The zero-order chi connectivity index (χ0) is 14.6. The van der Waals surface area contributed by atoms with Gasteiger partial charge in [-0.05, 0) is 32.2 Å². The summed E-state index contributed by atoms with van der Waals surface area (Å²) in [5.41, 5.74) is 0.167. The lowest BCUT2D eigenvalue weighted by Crippen LogP contribution is -2.39. The van der Waals surface area contributed by atoms with Crippen molar-refractivity contribution in [3.63, 3.8) is 0 Å². The van der Waals surface area contributed by atoms with E-state index in [4.69, 9.17) is 9.84 Å². The summed E-state index contributed by atoms with van der Waals surface area (Å²) < 4.78 is 6.38. The van der Waals surface area contributed by atoms with Crippen molar-refractivity contribution in [2.75, 3.05) is 19.6 Å². The van der Waals surface area contributed by atoms with E-state index in [0.29, 0.717) is 12.6 Å². The van der Waals surface area contributed by atoms with E-state index in [0.717, 1.165) is 19.5 Å². The van der Waals surface area contributed by atoms with Crippen molar-refractivity contribution >= 4 is 5.97 Å². The summed E-state index contributed by atoms with van der Waals surface area (Å²) in [6.45, 7) is 6.28.